The average molecular weight is 505 g/mol. The third-order valence-electron chi connectivity index (χ3n) is 7.99. The molecule has 1 aliphatic carbocycles. The van der Waals surface area contributed by atoms with Crippen LogP contribution in [-0.2, 0) is 13.0 Å². The summed E-state index contributed by atoms with van der Waals surface area (Å²) in [6.07, 6.45) is 11.2. The van der Waals surface area contributed by atoms with Crippen LogP contribution in [0.4, 0.5) is 0 Å². The molecule has 5 nitrogen and oxygen atoms in total. The molecule has 2 aromatic rings. The van der Waals surface area contributed by atoms with Gasteiger partial charge >= 0.3 is 0 Å². The molecular weight excluding hydrogens is 464 g/mol. The van der Waals surface area contributed by atoms with Gasteiger partial charge < -0.3 is 19.3 Å². The van der Waals surface area contributed by atoms with Crippen molar-refractivity contribution in [2.75, 3.05) is 14.2 Å². The van der Waals surface area contributed by atoms with Gasteiger partial charge in [0, 0.05) is 23.5 Å². The molecule has 0 aromatic heterocycles. The quantitative estimate of drug-likeness (QED) is 0.357. The highest BCUT2D eigenvalue weighted by atomic mass is 16.5. The topological polar surface area (TPSA) is 65.0 Å². The van der Waals surface area contributed by atoms with Gasteiger partial charge in [-0.2, -0.15) is 0 Å². The third kappa shape index (κ3) is 5.33. The van der Waals surface area contributed by atoms with Crippen LogP contribution in [0.5, 0.6) is 17.2 Å². The molecular formula is C32H40O5. The van der Waals surface area contributed by atoms with Gasteiger partial charge in [0.15, 0.2) is 0 Å². The Labute approximate surface area is 221 Å². The number of carbonyl (C=O) groups excluding carboxylic acids is 1. The highest BCUT2D eigenvalue weighted by molar-refractivity contribution is 6.13. The van der Waals surface area contributed by atoms with Crippen molar-refractivity contribution in [2.24, 2.45) is 11.3 Å². The molecule has 2 aromatic carbocycles. The minimum absolute atomic E-state index is 0.0565. The van der Waals surface area contributed by atoms with Gasteiger partial charge in [0.2, 0.25) is 5.78 Å². The summed E-state index contributed by atoms with van der Waals surface area (Å²) in [5.74, 6) is 1.36. The minimum Gasteiger partial charge on any atom is -0.496 e. The molecule has 5 heteroatoms. The number of carbonyl (C=O) groups is 1. The Kier molecular flexibility index (Phi) is 7.84. The SMILES string of the molecule is COc1c(CO)c(OC)c(C(=O)c2ccccc2)c2c1CC1CC/C(C)=C/CC(C)(C)/C=C/CC1(C)O2. The van der Waals surface area contributed by atoms with Gasteiger partial charge in [0.1, 0.15) is 28.4 Å². The average Bonchev–Trinajstić information content (AvgIpc) is 2.90. The molecule has 37 heavy (non-hydrogen) atoms. The molecule has 1 aliphatic heterocycles. The highest BCUT2D eigenvalue weighted by Gasteiger charge is 2.44. The Hall–Kier alpha value is -3.05. The second-order valence-corrected chi connectivity index (χ2v) is 11.3. The first kappa shape index (κ1) is 27.0. The maximum Gasteiger partial charge on any atom is 0.200 e. The Bertz CT molecular complexity index is 1210. The molecule has 0 bridgehead atoms. The number of ether oxygens (including phenoxy) is 3. The number of aliphatic hydroxyl groups excluding tert-OH is 1. The van der Waals surface area contributed by atoms with E-state index in [-0.39, 0.29) is 23.7 Å². The van der Waals surface area contributed by atoms with Crippen LogP contribution in [0.1, 0.15) is 80.4 Å². The Morgan fingerprint density at radius 3 is 2.43 bits per heavy atom. The van der Waals surface area contributed by atoms with E-state index in [4.69, 9.17) is 14.2 Å². The summed E-state index contributed by atoms with van der Waals surface area (Å²) in [7, 11) is 3.11. The van der Waals surface area contributed by atoms with Gasteiger partial charge in [-0.25, -0.2) is 0 Å². The number of rotatable bonds is 5. The van der Waals surface area contributed by atoms with Crippen LogP contribution < -0.4 is 14.2 Å². The molecule has 1 N–H and O–H groups in total. The molecule has 2 aliphatic rings. The molecule has 1 heterocycles. The lowest BCUT2D eigenvalue weighted by Gasteiger charge is -2.44. The maximum absolute atomic E-state index is 13.9. The summed E-state index contributed by atoms with van der Waals surface area (Å²) in [6.45, 7) is 8.56. The number of fused-ring (bicyclic) bond motifs is 2. The molecule has 2 unspecified atom stereocenters. The number of allylic oxidation sites excluding steroid dienone is 3. The Balaban J connectivity index is 1.92. The molecule has 0 saturated heterocycles. The van der Waals surface area contributed by atoms with Crippen LogP contribution in [0.3, 0.4) is 0 Å². The summed E-state index contributed by atoms with van der Waals surface area (Å²) < 4.78 is 18.5. The fourth-order valence-corrected chi connectivity index (χ4v) is 5.66. The number of hydrogen-bond donors (Lipinski definition) is 1. The summed E-state index contributed by atoms with van der Waals surface area (Å²) in [6, 6.07) is 9.14. The van der Waals surface area contributed by atoms with Gasteiger partial charge in [0.05, 0.1) is 26.4 Å². The number of methoxy groups -OCH3 is 2. The highest BCUT2D eigenvalue weighted by Crippen LogP contribution is 2.52. The van der Waals surface area contributed by atoms with Gasteiger partial charge in [-0.3, -0.25) is 4.79 Å². The van der Waals surface area contributed by atoms with E-state index < -0.39 is 5.60 Å². The maximum atomic E-state index is 13.9. The zero-order chi connectivity index (χ0) is 26.8. The molecule has 0 spiro atoms. The number of hydrogen-bond acceptors (Lipinski definition) is 5. The van der Waals surface area contributed by atoms with Crippen LogP contribution in [-0.4, -0.2) is 30.7 Å². The van der Waals surface area contributed by atoms with Gasteiger partial charge in [-0.15, -0.1) is 0 Å². The minimum atomic E-state index is -0.521. The van der Waals surface area contributed by atoms with Gasteiger partial charge in [-0.05, 0) is 44.9 Å². The van der Waals surface area contributed by atoms with Crippen molar-refractivity contribution in [3.8, 4) is 17.2 Å². The van der Waals surface area contributed by atoms with E-state index in [0.717, 1.165) is 31.2 Å². The lowest BCUT2D eigenvalue weighted by Crippen LogP contribution is -2.45. The van der Waals surface area contributed by atoms with Gasteiger partial charge in [0.25, 0.3) is 0 Å². The van der Waals surface area contributed by atoms with Crippen LogP contribution in [0.15, 0.2) is 54.1 Å². The summed E-state index contributed by atoms with van der Waals surface area (Å²) >= 11 is 0. The van der Waals surface area contributed by atoms with E-state index in [1.807, 2.05) is 18.2 Å². The first-order chi connectivity index (χ1) is 17.6. The molecule has 0 radical (unpaired) electrons. The van der Waals surface area contributed by atoms with Crippen molar-refractivity contribution in [3.05, 3.63) is 76.4 Å². The monoisotopic (exact) mass is 504 g/mol. The summed E-state index contributed by atoms with van der Waals surface area (Å²) in [5.41, 5.74) is 3.11. The molecule has 0 fully saturated rings. The molecule has 198 valence electrons. The van der Waals surface area contributed by atoms with E-state index in [1.54, 1.807) is 19.2 Å². The summed E-state index contributed by atoms with van der Waals surface area (Å²) in [5, 5.41) is 10.4. The van der Waals surface area contributed by atoms with Crippen LogP contribution in [0, 0.1) is 11.3 Å². The van der Waals surface area contributed by atoms with Crippen LogP contribution in [0.2, 0.25) is 0 Å². The van der Waals surface area contributed by atoms with Crippen LogP contribution >= 0.6 is 0 Å². The Morgan fingerprint density at radius 2 is 1.78 bits per heavy atom. The normalized spacial score (nSPS) is 25.3. The zero-order valence-electron chi connectivity index (χ0n) is 23.0. The molecule has 4 rings (SSSR count). The number of ketones is 1. The second kappa shape index (κ2) is 10.7. The van der Waals surface area contributed by atoms with E-state index in [2.05, 4.69) is 45.9 Å². The van der Waals surface area contributed by atoms with Crippen molar-refractivity contribution in [2.45, 2.75) is 72.0 Å². The van der Waals surface area contributed by atoms with Crippen molar-refractivity contribution < 1.29 is 24.1 Å². The second-order valence-electron chi connectivity index (χ2n) is 11.3. The first-order valence-corrected chi connectivity index (χ1v) is 13.2. The van der Waals surface area contributed by atoms with Crippen molar-refractivity contribution in [3.63, 3.8) is 0 Å². The van der Waals surface area contributed by atoms with E-state index in [0.29, 0.717) is 40.4 Å². The molecule has 0 saturated carbocycles. The van der Waals surface area contributed by atoms with E-state index >= 15 is 0 Å². The predicted molar refractivity (Wildman–Crippen MR) is 147 cm³/mol. The molecule has 2 atom stereocenters. The van der Waals surface area contributed by atoms with Crippen LogP contribution in [0.25, 0.3) is 0 Å². The largest absolute Gasteiger partial charge is 0.496 e. The first-order valence-electron chi connectivity index (χ1n) is 13.2. The fourth-order valence-electron chi connectivity index (χ4n) is 5.66. The number of aliphatic hydroxyl groups is 1. The predicted octanol–water partition coefficient (Wildman–Crippen LogP) is 6.84. The third-order valence-corrected chi connectivity index (χ3v) is 7.99. The lowest BCUT2D eigenvalue weighted by molar-refractivity contribution is 0.00631. The smallest absolute Gasteiger partial charge is 0.200 e. The number of benzene rings is 2. The standard InChI is InChI=1S/C32H40O5/c1-21-13-14-23-19-24-28(35-5)25(20-33)29(36-6)26(27(34)22-11-8-7-9-12-22)30(24)37-32(23,4)17-10-16-31(2,3)18-15-21/h7-12,15-16,23,33H,13-14,17-20H2,1-6H3/b16-10+,21-15+. The lowest BCUT2D eigenvalue weighted by atomic mass is 9.74. The van der Waals surface area contributed by atoms with E-state index in [9.17, 15) is 9.90 Å². The van der Waals surface area contributed by atoms with Crippen molar-refractivity contribution in [1.82, 2.24) is 0 Å². The Morgan fingerprint density at radius 1 is 1.08 bits per heavy atom. The van der Waals surface area contributed by atoms with Gasteiger partial charge in [-0.1, -0.05) is 68.0 Å². The van der Waals surface area contributed by atoms with E-state index in [1.165, 1.54) is 12.7 Å². The zero-order valence-corrected chi connectivity index (χ0v) is 23.0. The molecule has 0 amide bonds. The van der Waals surface area contributed by atoms with Crippen molar-refractivity contribution >= 4 is 5.78 Å². The van der Waals surface area contributed by atoms with Crippen molar-refractivity contribution in [1.29, 1.82) is 0 Å². The fraction of sp³-hybridized carbons (Fsp3) is 0.469. The summed E-state index contributed by atoms with van der Waals surface area (Å²) in [4.78, 5) is 13.9.